The lowest BCUT2D eigenvalue weighted by Crippen LogP contribution is -2.35. The molecular weight excluding hydrogens is 250 g/mol. The van der Waals surface area contributed by atoms with Crippen molar-refractivity contribution in [2.45, 2.75) is 40.2 Å². The molecule has 2 rings (SSSR count). The van der Waals surface area contributed by atoms with E-state index in [1.807, 2.05) is 58.9 Å². The summed E-state index contributed by atoms with van der Waals surface area (Å²) in [6.45, 7) is 9.83. The van der Waals surface area contributed by atoms with Gasteiger partial charge in [0.05, 0.1) is 5.69 Å². The Morgan fingerprint density at radius 3 is 2.10 bits per heavy atom. The number of hydrogen-bond donors (Lipinski definition) is 1. The van der Waals surface area contributed by atoms with Crippen molar-refractivity contribution in [1.29, 1.82) is 0 Å². The zero-order chi connectivity index (χ0) is 15.1. The Bertz CT molecular complexity index is 689. The molecule has 0 atom stereocenters. The van der Waals surface area contributed by atoms with E-state index in [0.29, 0.717) is 0 Å². The van der Waals surface area contributed by atoms with E-state index in [0.717, 1.165) is 22.4 Å². The van der Waals surface area contributed by atoms with Crippen LogP contribution >= 0.6 is 0 Å². The quantitative estimate of drug-likeness (QED) is 0.861. The number of rotatable bonds is 1. The van der Waals surface area contributed by atoms with Crippen LogP contribution in [0.5, 0.6) is 5.75 Å². The molecule has 0 aliphatic rings. The first-order valence-electron chi connectivity index (χ1n) is 6.75. The highest BCUT2D eigenvalue weighted by Gasteiger charge is 2.22. The fraction of sp³-hybridized carbons (Fsp3) is 0.353. The standard InChI is InChI=1S/C17H21NO2/c1-11-6-8-13(9-7-11)16-12(2)14(19)10-15(20)18(16)17(3,4)5/h6-10,19H,1-5H3. The lowest BCUT2D eigenvalue weighted by Gasteiger charge is -2.28. The highest BCUT2D eigenvalue weighted by molar-refractivity contribution is 5.66. The smallest absolute Gasteiger partial charge is 0.255 e. The van der Waals surface area contributed by atoms with E-state index in [2.05, 4.69) is 0 Å². The lowest BCUT2D eigenvalue weighted by atomic mass is 10.00. The maximum atomic E-state index is 12.3. The Hall–Kier alpha value is -2.03. The lowest BCUT2D eigenvalue weighted by molar-refractivity contribution is 0.382. The molecule has 0 aliphatic carbocycles. The molecule has 3 nitrogen and oxygen atoms in total. The summed E-state index contributed by atoms with van der Waals surface area (Å²) >= 11 is 0. The maximum absolute atomic E-state index is 12.3. The first-order valence-corrected chi connectivity index (χ1v) is 6.75. The van der Waals surface area contributed by atoms with Gasteiger partial charge in [0.2, 0.25) is 0 Å². The molecule has 106 valence electrons. The number of hydrogen-bond acceptors (Lipinski definition) is 2. The van der Waals surface area contributed by atoms with E-state index in [1.54, 1.807) is 4.57 Å². The second-order valence-corrected chi connectivity index (χ2v) is 6.21. The summed E-state index contributed by atoms with van der Waals surface area (Å²) in [6, 6.07) is 9.28. The van der Waals surface area contributed by atoms with Crippen molar-refractivity contribution in [2.75, 3.05) is 0 Å². The molecule has 0 saturated heterocycles. The maximum Gasteiger partial charge on any atom is 0.255 e. The second-order valence-electron chi connectivity index (χ2n) is 6.21. The average Bonchev–Trinajstić information content (AvgIpc) is 2.33. The zero-order valence-electron chi connectivity index (χ0n) is 12.7. The Morgan fingerprint density at radius 1 is 1.05 bits per heavy atom. The van der Waals surface area contributed by atoms with E-state index in [4.69, 9.17) is 0 Å². The summed E-state index contributed by atoms with van der Waals surface area (Å²) in [7, 11) is 0. The van der Waals surface area contributed by atoms with Crippen molar-refractivity contribution in [1.82, 2.24) is 4.57 Å². The summed E-state index contributed by atoms with van der Waals surface area (Å²) in [4.78, 5) is 12.3. The highest BCUT2D eigenvalue weighted by Crippen LogP contribution is 2.31. The third-order valence-electron chi connectivity index (χ3n) is 3.44. The Balaban J connectivity index is 2.86. The van der Waals surface area contributed by atoms with Crippen molar-refractivity contribution >= 4 is 0 Å². The molecule has 0 aliphatic heterocycles. The van der Waals surface area contributed by atoms with E-state index >= 15 is 0 Å². The van der Waals surface area contributed by atoms with Crippen LogP contribution in [0.3, 0.4) is 0 Å². The molecule has 1 N–H and O–H groups in total. The molecular formula is C17H21NO2. The zero-order valence-corrected chi connectivity index (χ0v) is 12.7. The number of nitrogens with zero attached hydrogens (tertiary/aromatic N) is 1. The van der Waals surface area contributed by atoms with Gasteiger partial charge in [-0.3, -0.25) is 4.79 Å². The Labute approximate surface area is 119 Å². The third kappa shape index (κ3) is 2.48. The van der Waals surface area contributed by atoms with Crippen LogP contribution < -0.4 is 5.56 Å². The van der Waals surface area contributed by atoms with Crippen molar-refractivity contribution in [2.24, 2.45) is 0 Å². The summed E-state index contributed by atoms with van der Waals surface area (Å²) < 4.78 is 1.74. The van der Waals surface area contributed by atoms with Gasteiger partial charge in [-0.05, 0) is 40.2 Å². The molecule has 3 heteroatoms. The van der Waals surface area contributed by atoms with Gasteiger partial charge in [-0.2, -0.15) is 0 Å². The SMILES string of the molecule is Cc1ccc(-c2c(C)c(O)cc(=O)n2C(C)(C)C)cc1. The van der Waals surface area contributed by atoms with Gasteiger partial charge in [0.15, 0.2) is 0 Å². The van der Waals surface area contributed by atoms with Crippen LogP contribution in [0.4, 0.5) is 0 Å². The molecule has 0 unspecified atom stereocenters. The van der Waals surface area contributed by atoms with Gasteiger partial charge in [0.1, 0.15) is 5.75 Å². The van der Waals surface area contributed by atoms with Crippen molar-refractivity contribution < 1.29 is 5.11 Å². The monoisotopic (exact) mass is 271 g/mol. The predicted molar refractivity (Wildman–Crippen MR) is 82.3 cm³/mol. The first kappa shape index (κ1) is 14.4. The van der Waals surface area contributed by atoms with Crippen LogP contribution in [0.15, 0.2) is 35.1 Å². The van der Waals surface area contributed by atoms with Crippen LogP contribution in [0, 0.1) is 13.8 Å². The molecule has 0 fully saturated rings. The van der Waals surface area contributed by atoms with Gasteiger partial charge >= 0.3 is 0 Å². The molecule has 1 heterocycles. The van der Waals surface area contributed by atoms with Crippen molar-refractivity contribution in [3.05, 3.63) is 51.8 Å². The van der Waals surface area contributed by atoms with Gasteiger partial charge in [0.25, 0.3) is 5.56 Å². The van der Waals surface area contributed by atoms with Crippen LogP contribution in [0.25, 0.3) is 11.3 Å². The highest BCUT2D eigenvalue weighted by atomic mass is 16.3. The average molecular weight is 271 g/mol. The topological polar surface area (TPSA) is 42.2 Å². The summed E-state index contributed by atoms with van der Waals surface area (Å²) in [5, 5.41) is 9.97. The van der Waals surface area contributed by atoms with Gasteiger partial charge in [-0.25, -0.2) is 0 Å². The summed E-state index contributed by atoms with van der Waals surface area (Å²) in [5.41, 5.74) is 3.07. The second kappa shape index (κ2) is 4.82. The van der Waals surface area contributed by atoms with Gasteiger partial charge in [-0.15, -0.1) is 0 Å². The van der Waals surface area contributed by atoms with Gasteiger partial charge in [0, 0.05) is 17.2 Å². The number of benzene rings is 1. The number of aromatic nitrogens is 1. The molecule has 0 radical (unpaired) electrons. The third-order valence-corrected chi connectivity index (χ3v) is 3.44. The fourth-order valence-electron chi connectivity index (χ4n) is 2.41. The Morgan fingerprint density at radius 2 is 1.60 bits per heavy atom. The fourth-order valence-corrected chi connectivity index (χ4v) is 2.41. The molecule has 2 aromatic rings. The van der Waals surface area contributed by atoms with E-state index in [-0.39, 0.29) is 16.8 Å². The van der Waals surface area contributed by atoms with Crippen LogP contribution in [0.1, 0.15) is 31.9 Å². The van der Waals surface area contributed by atoms with Crippen LogP contribution in [-0.4, -0.2) is 9.67 Å². The molecule has 20 heavy (non-hydrogen) atoms. The minimum absolute atomic E-state index is 0.0473. The van der Waals surface area contributed by atoms with E-state index < -0.39 is 0 Å². The van der Waals surface area contributed by atoms with E-state index in [9.17, 15) is 9.90 Å². The molecule has 1 aromatic carbocycles. The summed E-state index contributed by atoms with van der Waals surface area (Å²) in [6.07, 6.45) is 0. The molecule has 0 amide bonds. The molecule has 0 spiro atoms. The van der Waals surface area contributed by atoms with Crippen LogP contribution in [0.2, 0.25) is 0 Å². The number of pyridine rings is 1. The molecule has 1 aromatic heterocycles. The Kier molecular flexibility index (Phi) is 3.46. The van der Waals surface area contributed by atoms with Gasteiger partial charge in [-0.1, -0.05) is 29.8 Å². The predicted octanol–water partition coefficient (Wildman–Crippen LogP) is 3.59. The minimum atomic E-state index is -0.351. The first-order chi connectivity index (χ1) is 9.21. The number of aryl methyl sites for hydroxylation is 1. The van der Waals surface area contributed by atoms with Crippen molar-refractivity contribution in [3.63, 3.8) is 0 Å². The van der Waals surface area contributed by atoms with E-state index in [1.165, 1.54) is 6.07 Å². The molecule has 0 bridgehead atoms. The minimum Gasteiger partial charge on any atom is -0.507 e. The van der Waals surface area contributed by atoms with Gasteiger partial charge < -0.3 is 9.67 Å². The van der Waals surface area contributed by atoms with Crippen molar-refractivity contribution in [3.8, 4) is 17.0 Å². The largest absolute Gasteiger partial charge is 0.507 e. The normalized spacial score (nSPS) is 11.7. The number of aromatic hydroxyl groups is 1. The summed E-state index contributed by atoms with van der Waals surface area (Å²) in [5.74, 6) is 0.0473. The molecule has 0 saturated carbocycles. The van der Waals surface area contributed by atoms with Crippen LogP contribution in [-0.2, 0) is 5.54 Å².